The molecule has 0 radical (unpaired) electrons. The van der Waals surface area contributed by atoms with Crippen LogP contribution < -0.4 is 4.90 Å². The molecule has 0 bridgehead atoms. The number of fused-ring (bicyclic) bond motifs is 2. The number of non-ortho nitro benzene ring substituents is 1. The highest BCUT2D eigenvalue weighted by molar-refractivity contribution is 7.92. The van der Waals surface area contributed by atoms with Gasteiger partial charge in [-0.25, -0.2) is 8.42 Å². The Morgan fingerprint density at radius 3 is 2.48 bits per heavy atom. The molecule has 8 heteroatoms. The molecule has 0 aliphatic carbocycles. The molecule has 108 valence electrons. The molecule has 1 aliphatic heterocycles. The number of nitrogens with zero attached hydrogens (tertiary/aromatic N) is 2. The number of anilines is 2. The van der Waals surface area contributed by atoms with Gasteiger partial charge >= 0.3 is 0 Å². The Kier molecular flexibility index (Phi) is 2.93. The molecule has 3 rings (SSSR count). The van der Waals surface area contributed by atoms with Gasteiger partial charge < -0.3 is 4.90 Å². The molecular weight excluding hydrogens is 316 g/mol. The van der Waals surface area contributed by atoms with Gasteiger partial charge in [0.1, 0.15) is 4.90 Å². The van der Waals surface area contributed by atoms with E-state index in [4.69, 9.17) is 11.6 Å². The van der Waals surface area contributed by atoms with E-state index in [1.54, 1.807) is 18.0 Å². The van der Waals surface area contributed by atoms with Crippen LogP contribution in [0, 0.1) is 10.1 Å². The lowest BCUT2D eigenvalue weighted by molar-refractivity contribution is -0.385. The van der Waals surface area contributed by atoms with Crippen LogP contribution in [0.4, 0.5) is 17.1 Å². The normalized spacial score (nSPS) is 15.2. The van der Waals surface area contributed by atoms with Crippen LogP contribution in [-0.2, 0) is 9.84 Å². The Balaban J connectivity index is 2.34. The number of hydrogen-bond donors (Lipinski definition) is 0. The standard InChI is InChI=1S/C13H9ClN2O4S/c1-15-10-4-3-9(16(17)18)7-13(10)21(19,20)12-5-2-8(14)6-11(12)15/h2-7H,1H3. The van der Waals surface area contributed by atoms with E-state index in [0.29, 0.717) is 16.4 Å². The average molecular weight is 325 g/mol. The summed E-state index contributed by atoms with van der Waals surface area (Å²) in [5, 5.41) is 11.3. The van der Waals surface area contributed by atoms with Crippen molar-refractivity contribution in [2.75, 3.05) is 11.9 Å². The zero-order valence-corrected chi connectivity index (χ0v) is 12.4. The van der Waals surface area contributed by atoms with Crippen LogP contribution in [-0.4, -0.2) is 20.4 Å². The highest BCUT2D eigenvalue weighted by atomic mass is 35.5. The predicted molar refractivity (Wildman–Crippen MR) is 78.1 cm³/mol. The molecule has 0 atom stereocenters. The average Bonchev–Trinajstić information content (AvgIpc) is 2.44. The summed E-state index contributed by atoms with van der Waals surface area (Å²) < 4.78 is 25.3. The van der Waals surface area contributed by atoms with Crippen molar-refractivity contribution in [2.24, 2.45) is 0 Å². The molecule has 6 nitrogen and oxygen atoms in total. The SMILES string of the molecule is CN1c2cc(Cl)ccc2S(=O)(=O)c2cc([N+](=O)[O-])ccc21. The third kappa shape index (κ3) is 1.97. The molecule has 0 fully saturated rings. The van der Waals surface area contributed by atoms with Crippen LogP contribution in [0.15, 0.2) is 46.2 Å². The van der Waals surface area contributed by atoms with Crippen molar-refractivity contribution in [2.45, 2.75) is 9.79 Å². The molecule has 0 aromatic heterocycles. The second-order valence-corrected chi connectivity index (χ2v) is 6.91. The summed E-state index contributed by atoms with van der Waals surface area (Å²) in [7, 11) is -2.12. The van der Waals surface area contributed by atoms with E-state index in [9.17, 15) is 18.5 Å². The van der Waals surface area contributed by atoms with Crippen LogP contribution in [0.5, 0.6) is 0 Å². The number of rotatable bonds is 1. The van der Waals surface area contributed by atoms with Gasteiger partial charge in [0, 0.05) is 24.2 Å². The van der Waals surface area contributed by atoms with Gasteiger partial charge in [0.15, 0.2) is 0 Å². The number of nitro benzene ring substituents is 1. The molecule has 0 amide bonds. The van der Waals surface area contributed by atoms with Crippen molar-refractivity contribution in [3.8, 4) is 0 Å². The van der Waals surface area contributed by atoms with E-state index in [0.717, 1.165) is 6.07 Å². The topological polar surface area (TPSA) is 80.5 Å². The fourth-order valence-corrected chi connectivity index (χ4v) is 4.21. The quantitative estimate of drug-likeness (QED) is 0.594. The summed E-state index contributed by atoms with van der Waals surface area (Å²) in [5.41, 5.74) is 0.572. The molecular formula is C13H9ClN2O4S. The smallest absolute Gasteiger partial charge is 0.270 e. The fraction of sp³-hybridized carbons (Fsp3) is 0.0769. The lowest BCUT2D eigenvalue weighted by Crippen LogP contribution is -2.22. The Morgan fingerprint density at radius 2 is 1.81 bits per heavy atom. The molecule has 2 aromatic rings. The summed E-state index contributed by atoms with van der Waals surface area (Å²) in [5.74, 6) is 0. The monoisotopic (exact) mass is 324 g/mol. The Labute approximate surface area is 125 Å². The number of halogens is 1. The lowest BCUT2D eigenvalue weighted by Gasteiger charge is -2.29. The molecule has 21 heavy (non-hydrogen) atoms. The second kappa shape index (κ2) is 4.44. The van der Waals surface area contributed by atoms with E-state index in [1.807, 2.05) is 0 Å². The molecule has 0 N–H and O–H groups in total. The zero-order chi connectivity index (χ0) is 15.4. The third-order valence-corrected chi connectivity index (χ3v) is 5.44. The van der Waals surface area contributed by atoms with E-state index in [2.05, 4.69) is 0 Å². The highest BCUT2D eigenvalue weighted by Crippen LogP contribution is 2.44. The van der Waals surface area contributed by atoms with Gasteiger partial charge in [0.25, 0.3) is 5.69 Å². The van der Waals surface area contributed by atoms with Crippen LogP contribution >= 0.6 is 11.6 Å². The van der Waals surface area contributed by atoms with Crippen LogP contribution in [0.1, 0.15) is 0 Å². The number of nitro groups is 1. The number of hydrogen-bond acceptors (Lipinski definition) is 5. The Morgan fingerprint density at radius 1 is 1.10 bits per heavy atom. The molecule has 1 aliphatic rings. The van der Waals surface area contributed by atoms with Crippen LogP contribution in [0.3, 0.4) is 0 Å². The first-order valence-electron chi connectivity index (χ1n) is 5.89. The Hall–Kier alpha value is -2.12. The maximum absolute atomic E-state index is 12.6. The van der Waals surface area contributed by atoms with Gasteiger partial charge in [0.05, 0.1) is 21.2 Å². The fourth-order valence-electron chi connectivity index (χ4n) is 2.34. The third-order valence-electron chi connectivity index (χ3n) is 3.38. The van der Waals surface area contributed by atoms with E-state index < -0.39 is 14.8 Å². The Bertz CT molecular complexity index is 880. The van der Waals surface area contributed by atoms with Crippen molar-refractivity contribution in [3.05, 3.63) is 51.5 Å². The maximum atomic E-state index is 12.6. The highest BCUT2D eigenvalue weighted by Gasteiger charge is 2.34. The van der Waals surface area contributed by atoms with E-state index >= 15 is 0 Å². The summed E-state index contributed by atoms with van der Waals surface area (Å²) in [6.07, 6.45) is 0. The number of sulfone groups is 1. The molecule has 0 unspecified atom stereocenters. The van der Waals surface area contributed by atoms with Gasteiger partial charge in [-0.1, -0.05) is 11.6 Å². The van der Waals surface area contributed by atoms with Crippen molar-refractivity contribution in [1.29, 1.82) is 0 Å². The summed E-state index contributed by atoms with van der Waals surface area (Å²) in [6.45, 7) is 0. The zero-order valence-electron chi connectivity index (χ0n) is 10.8. The molecule has 0 spiro atoms. The lowest BCUT2D eigenvalue weighted by atomic mass is 10.2. The molecule has 0 saturated heterocycles. The van der Waals surface area contributed by atoms with Gasteiger partial charge in [0.2, 0.25) is 9.84 Å². The van der Waals surface area contributed by atoms with Crippen molar-refractivity contribution in [3.63, 3.8) is 0 Å². The first kappa shape index (κ1) is 13.8. The minimum atomic E-state index is -3.81. The van der Waals surface area contributed by atoms with Gasteiger partial charge in [-0.15, -0.1) is 0 Å². The van der Waals surface area contributed by atoms with Crippen molar-refractivity contribution in [1.82, 2.24) is 0 Å². The first-order valence-corrected chi connectivity index (χ1v) is 7.75. The van der Waals surface area contributed by atoms with Crippen molar-refractivity contribution < 1.29 is 13.3 Å². The van der Waals surface area contributed by atoms with Gasteiger partial charge in [-0.2, -0.15) is 0 Å². The predicted octanol–water partition coefficient (Wildman–Crippen LogP) is 3.16. The number of benzene rings is 2. The summed E-state index contributed by atoms with van der Waals surface area (Å²) in [4.78, 5) is 11.9. The largest absolute Gasteiger partial charge is 0.342 e. The molecule has 2 aromatic carbocycles. The minimum absolute atomic E-state index is 0.0750. The van der Waals surface area contributed by atoms with Gasteiger partial charge in [-0.3, -0.25) is 10.1 Å². The minimum Gasteiger partial charge on any atom is -0.342 e. The van der Waals surface area contributed by atoms with Crippen molar-refractivity contribution >= 4 is 38.5 Å². The maximum Gasteiger partial charge on any atom is 0.270 e. The van der Waals surface area contributed by atoms with E-state index in [1.165, 1.54) is 24.3 Å². The van der Waals surface area contributed by atoms with Crippen LogP contribution in [0.25, 0.3) is 0 Å². The summed E-state index contributed by atoms with van der Waals surface area (Å²) in [6, 6.07) is 8.23. The van der Waals surface area contributed by atoms with E-state index in [-0.39, 0.29) is 15.5 Å². The molecule has 1 heterocycles. The van der Waals surface area contributed by atoms with Crippen LogP contribution in [0.2, 0.25) is 5.02 Å². The first-order chi connectivity index (χ1) is 9.82. The van der Waals surface area contributed by atoms with Gasteiger partial charge in [-0.05, 0) is 24.3 Å². The summed E-state index contributed by atoms with van der Waals surface area (Å²) >= 11 is 5.92. The second-order valence-electron chi connectivity index (χ2n) is 4.58. The molecule has 0 saturated carbocycles.